The Hall–Kier alpha value is -2.19. The van der Waals surface area contributed by atoms with Crippen molar-refractivity contribution in [2.24, 2.45) is 17.8 Å². The highest BCUT2D eigenvalue weighted by molar-refractivity contribution is 5.79. The Morgan fingerprint density at radius 1 is 0.933 bits per heavy atom. The Kier molecular flexibility index (Phi) is 5.60. The quantitative estimate of drug-likeness (QED) is 0.521. The number of benzene rings is 2. The fraction of sp³-hybridized carbons (Fsp3) is 0.464. The predicted molar refractivity (Wildman–Crippen MR) is 126 cm³/mol. The van der Waals surface area contributed by atoms with Gasteiger partial charge in [-0.2, -0.15) is 0 Å². The topological polar surface area (TPSA) is 16.1 Å². The van der Waals surface area contributed by atoms with Crippen LogP contribution in [0.25, 0.3) is 10.9 Å². The van der Waals surface area contributed by atoms with E-state index >= 15 is 0 Å². The molecule has 2 nitrogen and oxygen atoms in total. The lowest BCUT2D eigenvalue weighted by Crippen LogP contribution is -2.50. The predicted octanol–water partition coefficient (Wildman–Crippen LogP) is 6.07. The molecule has 3 aliphatic rings. The molecule has 1 saturated carbocycles. The number of likely N-dealkylation sites (tertiary alicyclic amines) is 1. The van der Waals surface area contributed by atoms with E-state index in [1.165, 1.54) is 72.9 Å². The number of pyridine rings is 1. The average Bonchev–Trinajstić information content (AvgIpc) is 3.58. The number of hydrogen-bond donors (Lipinski definition) is 0. The van der Waals surface area contributed by atoms with Gasteiger partial charge in [0.05, 0.1) is 5.52 Å². The van der Waals surface area contributed by atoms with Crippen molar-refractivity contribution in [1.82, 2.24) is 9.88 Å². The van der Waals surface area contributed by atoms with Gasteiger partial charge >= 0.3 is 0 Å². The Balaban J connectivity index is 0.000000236. The summed E-state index contributed by atoms with van der Waals surface area (Å²) in [6.45, 7) is 7.23. The molecule has 156 valence electrons. The molecule has 3 atom stereocenters. The SMILES string of the molecule is CC1C2Cc3cc4ccccc4nc3CC2CCN1CC1CC1.Cc1ccccc1. The van der Waals surface area contributed by atoms with Gasteiger partial charge in [-0.05, 0) is 87.9 Å². The van der Waals surface area contributed by atoms with Gasteiger partial charge in [0, 0.05) is 23.7 Å². The standard InChI is InChI=1S/C21H26N2.C7H8/c1-14-19-11-18-10-17-4-2-3-5-20(17)22-21(18)12-16(19)8-9-23(14)13-15-6-7-15;1-7-5-3-2-4-6-7/h2-5,10,14-16,19H,6-9,11-13H2,1H3;2-6H,1H3. The Morgan fingerprint density at radius 2 is 1.70 bits per heavy atom. The van der Waals surface area contributed by atoms with Crippen molar-refractivity contribution in [1.29, 1.82) is 0 Å². The Bertz CT molecular complexity index is 992. The highest BCUT2D eigenvalue weighted by Gasteiger charge is 2.40. The van der Waals surface area contributed by atoms with E-state index in [-0.39, 0.29) is 0 Å². The van der Waals surface area contributed by atoms with Crippen molar-refractivity contribution in [2.45, 2.75) is 52.0 Å². The van der Waals surface area contributed by atoms with E-state index in [1.807, 2.05) is 18.2 Å². The first-order valence-corrected chi connectivity index (χ1v) is 11.8. The van der Waals surface area contributed by atoms with Crippen LogP contribution in [0.1, 0.15) is 43.0 Å². The molecule has 30 heavy (non-hydrogen) atoms. The van der Waals surface area contributed by atoms with Crippen LogP contribution in [0.5, 0.6) is 0 Å². The van der Waals surface area contributed by atoms with Gasteiger partial charge in [0.15, 0.2) is 0 Å². The van der Waals surface area contributed by atoms with Gasteiger partial charge in [0.25, 0.3) is 0 Å². The summed E-state index contributed by atoms with van der Waals surface area (Å²) < 4.78 is 0. The van der Waals surface area contributed by atoms with E-state index in [1.54, 1.807) is 0 Å². The van der Waals surface area contributed by atoms with Crippen molar-refractivity contribution >= 4 is 10.9 Å². The highest BCUT2D eigenvalue weighted by Crippen LogP contribution is 2.41. The van der Waals surface area contributed by atoms with Crippen LogP contribution in [0.2, 0.25) is 0 Å². The van der Waals surface area contributed by atoms with Crippen molar-refractivity contribution in [3.05, 3.63) is 77.5 Å². The number of rotatable bonds is 2. The number of aromatic nitrogens is 1. The number of aryl methyl sites for hydroxylation is 1. The maximum atomic E-state index is 5.00. The van der Waals surface area contributed by atoms with Crippen LogP contribution in [-0.2, 0) is 12.8 Å². The summed E-state index contributed by atoms with van der Waals surface area (Å²) in [7, 11) is 0. The van der Waals surface area contributed by atoms with Crippen LogP contribution in [0.4, 0.5) is 0 Å². The van der Waals surface area contributed by atoms with E-state index in [9.17, 15) is 0 Å². The van der Waals surface area contributed by atoms with Gasteiger partial charge in [-0.1, -0.05) is 54.1 Å². The Labute approximate surface area is 181 Å². The molecule has 6 rings (SSSR count). The minimum absolute atomic E-state index is 0.744. The number of para-hydroxylation sites is 1. The van der Waals surface area contributed by atoms with Crippen LogP contribution in [0.3, 0.4) is 0 Å². The summed E-state index contributed by atoms with van der Waals surface area (Å²) in [6.07, 6.45) is 6.74. The lowest BCUT2D eigenvalue weighted by atomic mass is 9.70. The fourth-order valence-electron chi connectivity index (χ4n) is 5.48. The largest absolute Gasteiger partial charge is 0.300 e. The minimum atomic E-state index is 0.744. The first kappa shape index (κ1) is 19.8. The zero-order chi connectivity index (χ0) is 20.5. The smallest absolute Gasteiger partial charge is 0.0705 e. The molecule has 1 aliphatic heterocycles. The molecule has 0 amide bonds. The first-order chi connectivity index (χ1) is 14.7. The maximum absolute atomic E-state index is 5.00. The molecule has 3 aromatic rings. The van der Waals surface area contributed by atoms with Gasteiger partial charge < -0.3 is 4.90 Å². The van der Waals surface area contributed by atoms with Crippen molar-refractivity contribution < 1.29 is 0 Å². The molecule has 1 saturated heterocycles. The molecule has 0 radical (unpaired) electrons. The third-order valence-corrected chi connectivity index (χ3v) is 7.52. The molecule has 2 fully saturated rings. The van der Waals surface area contributed by atoms with Crippen LogP contribution in [0, 0.1) is 24.7 Å². The number of piperidine rings is 1. The van der Waals surface area contributed by atoms with E-state index in [0.717, 1.165) is 23.8 Å². The zero-order valence-electron chi connectivity index (χ0n) is 18.4. The molecule has 2 aliphatic carbocycles. The van der Waals surface area contributed by atoms with Crippen molar-refractivity contribution in [3.63, 3.8) is 0 Å². The summed E-state index contributed by atoms with van der Waals surface area (Å²) in [5.74, 6) is 2.69. The molecule has 3 unspecified atom stereocenters. The van der Waals surface area contributed by atoms with Crippen LogP contribution >= 0.6 is 0 Å². The molecule has 2 aromatic carbocycles. The third-order valence-electron chi connectivity index (χ3n) is 7.52. The second kappa shape index (κ2) is 8.51. The van der Waals surface area contributed by atoms with Gasteiger partial charge in [-0.25, -0.2) is 0 Å². The van der Waals surface area contributed by atoms with E-state index in [4.69, 9.17) is 4.98 Å². The normalized spacial score (nSPS) is 25.7. The number of nitrogens with zero attached hydrogens (tertiary/aromatic N) is 2. The molecule has 0 N–H and O–H groups in total. The maximum Gasteiger partial charge on any atom is 0.0705 e. The van der Waals surface area contributed by atoms with Crippen LogP contribution < -0.4 is 0 Å². The van der Waals surface area contributed by atoms with Crippen LogP contribution in [-0.4, -0.2) is 29.0 Å². The van der Waals surface area contributed by atoms with E-state index < -0.39 is 0 Å². The second-order valence-corrected chi connectivity index (χ2v) is 9.74. The Morgan fingerprint density at radius 3 is 2.43 bits per heavy atom. The molecular weight excluding hydrogens is 364 g/mol. The van der Waals surface area contributed by atoms with Crippen molar-refractivity contribution in [2.75, 3.05) is 13.1 Å². The second-order valence-electron chi connectivity index (χ2n) is 9.74. The third kappa shape index (κ3) is 4.30. The summed E-state index contributed by atoms with van der Waals surface area (Å²) in [4.78, 5) is 7.79. The van der Waals surface area contributed by atoms with Gasteiger partial charge in [0.2, 0.25) is 0 Å². The monoisotopic (exact) mass is 398 g/mol. The van der Waals surface area contributed by atoms with Crippen molar-refractivity contribution in [3.8, 4) is 0 Å². The molecule has 0 bridgehead atoms. The fourth-order valence-corrected chi connectivity index (χ4v) is 5.48. The van der Waals surface area contributed by atoms with E-state index in [2.05, 4.69) is 61.2 Å². The highest BCUT2D eigenvalue weighted by atomic mass is 15.2. The molecular formula is C28H34N2. The summed E-state index contributed by atoms with van der Waals surface area (Å²) in [6, 6.07) is 22.0. The van der Waals surface area contributed by atoms with Gasteiger partial charge in [-0.3, -0.25) is 4.98 Å². The first-order valence-electron chi connectivity index (χ1n) is 11.8. The minimum Gasteiger partial charge on any atom is -0.300 e. The summed E-state index contributed by atoms with van der Waals surface area (Å²) >= 11 is 0. The van der Waals surface area contributed by atoms with Gasteiger partial charge in [-0.15, -0.1) is 0 Å². The van der Waals surface area contributed by atoms with Gasteiger partial charge in [0.1, 0.15) is 0 Å². The molecule has 1 aromatic heterocycles. The number of hydrogen-bond acceptors (Lipinski definition) is 2. The average molecular weight is 399 g/mol. The number of fused-ring (bicyclic) bond motifs is 3. The lowest BCUT2D eigenvalue weighted by Gasteiger charge is -2.46. The summed E-state index contributed by atoms with van der Waals surface area (Å²) in [5.41, 5.74) is 5.39. The molecule has 2 heterocycles. The molecule has 2 heteroatoms. The molecule has 0 spiro atoms. The van der Waals surface area contributed by atoms with Crippen LogP contribution in [0.15, 0.2) is 60.7 Å². The lowest BCUT2D eigenvalue weighted by molar-refractivity contribution is 0.0489. The zero-order valence-corrected chi connectivity index (χ0v) is 18.4. The summed E-state index contributed by atoms with van der Waals surface area (Å²) in [5, 5.41) is 1.31. The van der Waals surface area contributed by atoms with E-state index in [0.29, 0.717) is 0 Å².